The molecule has 0 aliphatic rings. The minimum Gasteiger partial charge on any atom is -0.496 e. The molecule has 3 N–H and O–H groups in total. The Hall–Kier alpha value is -0.980. The molecule has 0 spiro atoms. The summed E-state index contributed by atoms with van der Waals surface area (Å²) in [6, 6.07) is 2.60. The van der Waals surface area contributed by atoms with Crippen LogP contribution in [-0.4, -0.2) is 18.8 Å². The average Bonchev–Trinajstić information content (AvgIpc) is 2.27. The molecule has 7 heteroatoms. The number of methoxy groups -OCH3 is 1. The number of rotatable bonds is 4. The van der Waals surface area contributed by atoms with E-state index in [9.17, 15) is 13.2 Å². The summed E-state index contributed by atoms with van der Waals surface area (Å²) >= 11 is 0. The van der Waals surface area contributed by atoms with Crippen molar-refractivity contribution in [3.63, 3.8) is 0 Å². The van der Waals surface area contributed by atoms with Gasteiger partial charge in [0.05, 0.1) is 12.7 Å². The molecule has 0 aromatic heterocycles. The van der Waals surface area contributed by atoms with Crippen LogP contribution in [0, 0.1) is 0 Å². The fraction of sp³-hybridized carbons (Fsp3) is 0.455. The molecule has 0 aliphatic carbocycles. The van der Waals surface area contributed by atoms with Crippen LogP contribution in [-0.2, 0) is 6.18 Å². The van der Waals surface area contributed by atoms with Gasteiger partial charge in [0.1, 0.15) is 5.75 Å². The first kappa shape index (κ1) is 17.0. The summed E-state index contributed by atoms with van der Waals surface area (Å²) in [6.07, 6.45) is -4.14. The molecular formula is C11H15ClF3NO2. The highest BCUT2D eigenvalue weighted by Gasteiger charge is 2.31. The molecule has 0 heterocycles. The first-order valence-corrected chi connectivity index (χ1v) is 5.01. The SMILES string of the molecule is COc1cc(C(F)(F)F)ccc1[C@H](N)CCO.Cl. The number of halogens is 4. The number of nitrogens with two attached hydrogens (primary N) is 1. The lowest BCUT2D eigenvalue weighted by Crippen LogP contribution is -2.14. The van der Waals surface area contributed by atoms with E-state index in [1.807, 2.05) is 0 Å². The van der Waals surface area contributed by atoms with E-state index in [1.165, 1.54) is 13.2 Å². The third kappa shape index (κ3) is 4.04. The Bertz CT molecular complexity index is 385. The second kappa shape index (κ2) is 6.82. The maximum Gasteiger partial charge on any atom is 0.416 e. The van der Waals surface area contributed by atoms with Crippen molar-refractivity contribution in [2.75, 3.05) is 13.7 Å². The zero-order chi connectivity index (χ0) is 13.1. The van der Waals surface area contributed by atoms with Crippen LogP contribution in [0.25, 0.3) is 0 Å². The Morgan fingerprint density at radius 3 is 2.44 bits per heavy atom. The Morgan fingerprint density at radius 2 is 2.00 bits per heavy atom. The average molecular weight is 286 g/mol. The van der Waals surface area contributed by atoms with Gasteiger partial charge in [-0.15, -0.1) is 12.4 Å². The highest BCUT2D eigenvalue weighted by Crippen LogP contribution is 2.34. The number of hydrogen-bond acceptors (Lipinski definition) is 3. The van der Waals surface area contributed by atoms with E-state index in [4.69, 9.17) is 15.6 Å². The predicted octanol–water partition coefficient (Wildman–Crippen LogP) is 2.52. The van der Waals surface area contributed by atoms with Crippen LogP contribution in [0.3, 0.4) is 0 Å². The van der Waals surface area contributed by atoms with E-state index in [0.717, 1.165) is 12.1 Å². The third-order valence-corrected chi connectivity index (χ3v) is 2.40. The quantitative estimate of drug-likeness (QED) is 0.894. The number of benzene rings is 1. The molecule has 0 amide bonds. The molecule has 0 radical (unpaired) electrons. The van der Waals surface area contributed by atoms with Crippen molar-refractivity contribution >= 4 is 12.4 Å². The van der Waals surface area contributed by atoms with Crippen molar-refractivity contribution < 1.29 is 23.0 Å². The highest BCUT2D eigenvalue weighted by molar-refractivity contribution is 5.85. The molecule has 18 heavy (non-hydrogen) atoms. The molecule has 1 aromatic rings. The van der Waals surface area contributed by atoms with Gasteiger partial charge in [-0.3, -0.25) is 0 Å². The maximum absolute atomic E-state index is 12.5. The van der Waals surface area contributed by atoms with Gasteiger partial charge in [-0.25, -0.2) is 0 Å². The summed E-state index contributed by atoms with van der Waals surface area (Å²) in [5, 5.41) is 8.74. The topological polar surface area (TPSA) is 55.5 Å². The number of alkyl halides is 3. The van der Waals surface area contributed by atoms with Gasteiger partial charge in [0.15, 0.2) is 0 Å². The van der Waals surface area contributed by atoms with E-state index in [0.29, 0.717) is 5.56 Å². The van der Waals surface area contributed by atoms with Crippen LogP contribution in [0.1, 0.15) is 23.6 Å². The fourth-order valence-electron chi connectivity index (χ4n) is 1.49. The summed E-state index contributed by atoms with van der Waals surface area (Å²) in [7, 11) is 1.28. The van der Waals surface area contributed by atoms with Crippen molar-refractivity contribution in [3.05, 3.63) is 29.3 Å². The number of aliphatic hydroxyl groups is 1. The fourth-order valence-corrected chi connectivity index (χ4v) is 1.49. The second-order valence-corrected chi connectivity index (χ2v) is 3.57. The van der Waals surface area contributed by atoms with E-state index < -0.39 is 17.8 Å². The van der Waals surface area contributed by atoms with E-state index in [1.54, 1.807) is 0 Å². The minimum atomic E-state index is -4.41. The molecular weight excluding hydrogens is 271 g/mol. The summed E-state index contributed by atoms with van der Waals surface area (Å²) in [4.78, 5) is 0. The van der Waals surface area contributed by atoms with Crippen molar-refractivity contribution in [1.29, 1.82) is 0 Å². The van der Waals surface area contributed by atoms with Gasteiger partial charge in [0.25, 0.3) is 0 Å². The number of hydrogen-bond donors (Lipinski definition) is 2. The lowest BCUT2D eigenvalue weighted by Gasteiger charge is -2.16. The van der Waals surface area contributed by atoms with E-state index >= 15 is 0 Å². The molecule has 0 saturated heterocycles. The first-order valence-electron chi connectivity index (χ1n) is 5.01. The molecule has 1 atom stereocenters. The molecule has 0 unspecified atom stereocenters. The van der Waals surface area contributed by atoms with Gasteiger partial charge >= 0.3 is 6.18 Å². The van der Waals surface area contributed by atoms with Crippen LogP contribution in [0.15, 0.2) is 18.2 Å². The van der Waals surface area contributed by atoms with E-state index in [-0.39, 0.29) is 31.2 Å². The Morgan fingerprint density at radius 1 is 1.39 bits per heavy atom. The molecule has 0 aliphatic heterocycles. The second-order valence-electron chi connectivity index (χ2n) is 3.57. The minimum absolute atomic E-state index is 0. The monoisotopic (exact) mass is 285 g/mol. The molecule has 104 valence electrons. The Kier molecular flexibility index (Phi) is 6.45. The van der Waals surface area contributed by atoms with Gasteiger partial charge in [-0.2, -0.15) is 13.2 Å². The van der Waals surface area contributed by atoms with Crippen molar-refractivity contribution in [2.24, 2.45) is 5.73 Å². The van der Waals surface area contributed by atoms with Crippen LogP contribution < -0.4 is 10.5 Å². The summed E-state index contributed by atoms with van der Waals surface area (Å²) < 4.78 is 42.3. The van der Waals surface area contributed by atoms with Crippen molar-refractivity contribution in [2.45, 2.75) is 18.6 Å². The van der Waals surface area contributed by atoms with Crippen LogP contribution in [0.2, 0.25) is 0 Å². The lowest BCUT2D eigenvalue weighted by atomic mass is 10.0. The lowest BCUT2D eigenvalue weighted by molar-refractivity contribution is -0.137. The molecule has 1 aromatic carbocycles. The number of ether oxygens (including phenoxy) is 1. The van der Waals surface area contributed by atoms with Crippen molar-refractivity contribution in [3.8, 4) is 5.75 Å². The molecule has 0 bridgehead atoms. The van der Waals surface area contributed by atoms with Crippen LogP contribution in [0.4, 0.5) is 13.2 Å². The van der Waals surface area contributed by atoms with Gasteiger partial charge in [0.2, 0.25) is 0 Å². The summed E-state index contributed by atoms with van der Waals surface area (Å²) in [5.41, 5.74) is 5.39. The molecule has 0 saturated carbocycles. The standard InChI is InChI=1S/C11H14F3NO2.ClH/c1-17-10-6-7(11(12,13)14)2-3-8(10)9(15)4-5-16;/h2-3,6,9,16H,4-5,15H2,1H3;1H/t9-;/m1./s1. The van der Waals surface area contributed by atoms with E-state index in [2.05, 4.69) is 0 Å². The first-order chi connectivity index (χ1) is 7.90. The third-order valence-electron chi connectivity index (χ3n) is 2.40. The largest absolute Gasteiger partial charge is 0.496 e. The molecule has 0 fully saturated rings. The van der Waals surface area contributed by atoms with Gasteiger partial charge in [-0.1, -0.05) is 6.07 Å². The zero-order valence-corrected chi connectivity index (χ0v) is 10.5. The van der Waals surface area contributed by atoms with Crippen LogP contribution in [0.5, 0.6) is 5.75 Å². The van der Waals surface area contributed by atoms with Gasteiger partial charge in [0, 0.05) is 18.2 Å². The summed E-state index contributed by atoms with van der Waals surface area (Å²) in [5.74, 6) is 0.0841. The zero-order valence-electron chi connectivity index (χ0n) is 9.70. The highest BCUT2D eigenvalue weighted by atomic mass is 35.5. The predicted molar refractivity (Wildman–Crippen MR) is 63.9 cm³/mol. The van der Waals surface area contributed by atoms with Crippen molar-refractivity contribution in [1.82, 2.24) is 0 Å². The number of aliphatic hydroxyl groups excluding tert-OH is 1. The van der Waals surface area contributed by atoms with Gasteiger partial charge in [-0.05, 0) is 18.6 Å². The normalized spacial score (nSPS) is 12.8. The molecule has 1 rings (SSSR count). The summed E-state index contributed by atoms with van der Waals surface area (Å²) in [6.45, 7) is -0.134. The Balaban J connectivity index is 0.00000289. The molecule has 3 nitrogen and oxygen atoms in total. The van der Waals surface area contributed by atoms with Gasteiger partial charge < -0.3 is 15.6 Å². The smallest absolute Gasteiger partial charge is 0.416 e. The van der Waals surface area contributed by atoms with Crippen LogP contribution >= 0.6 is 12.4 Å². The Labute approximate surface area is 109 Å². The maximum atomic E-state index is 12.5.